The lowest BCUT2D eigenvalue weighted by Gasteiger charge is -2.05. The molecule has 114 valence electrons. The lowest BCUT2D eigenvalue weighted by molar-refractivity contribution is -0.114. The fourth-order valence-electron chi connectivity index (χ4n) is 2.65. The van der Waals surface area contributed by atoms with E-state index < -0.39 is 0 Å². The Morgan fingerprint density at radius 1 is 1.17 bits per heavy atom. The van der Waals surface area contributed by atoms with Crippen molar-refractivity contribution in [2.45, 2.75) is 12.8 Å². The molecule has 2 aliphatic rings. The van der Waals surface area contributed by atoms with Crippen LogP contribution < -0.4 is 20.6 Å². The van der Waals surface area contributed by atoms with Crippen LogP contribution in [0.3, 0.4) is 0 Å². The van der Waals surface area contributed by atoms with Gasteiger partial charge >= 0.3 is 0 Å². The maximum atomic E-state index is 12.6. The van der Waals surface area contributed by atoms with Gasteiger partial charge in [0.2, 0.25) is 5.13 Å². The number of aromatic nitrogens is 1. The monoisotopic (exact) mass is 322 g/mol. The molecule has 0 unspecified atom stereocenters. The van der Waals surface area contributed by atoms with E-state index in [4.69, 9.17) is 5.73 Å². The first kappa shape index (κ1) is 13.9. The smallest absolute Gasteiger partial charge is 0.284 e. The Kier molecular flexibility index (Phi) is 3.31. The highest BCUT2D eigenvalue weighted by atomic mass is 32.1. The Bertz CT molecular complexity index is 923. The molecule has 2 heterocycles. The van der Waals surface area contributed by atoms with Crippen LogP contribution in [0.4, 0.5) is 5.13 Å². The fourth-order valence-corrected chi connectivity index (χ4v) is 3.64. The van der Waals surface area contributed by atoms with Gasteiger partial charge in [-0.3, -0.25) is 4.79 Å². The van der Waals surface area contributed by atoms with Gasteiger partial charge in [-0.2, -0.15) is 10.1 Å². The molecule has 0 saturated carbocycles. The molecule has 1 amide bonds. The molecule has 0 bridgehead atoms. The van der Waals surface area contributed by atoms with Crippen molar-refractivity contribution in [1.82, 2.24) is 4.98 Å². The summed E-state index contributed by atoms with van der Waals surface area (Å²) in [5.74, 6) is -0.238. The van der Waals surface area contributed by atoms with Crippen molar-refractivity contribution < 1.29 is 4.79 Å². The first-order valence-corrected chi connectivity index (χ1v) is 8.17. The van der Waals surface area contributed by atoms with Gasteiger partial charge < -0.3 is 5.73 Å². The molecular weight excluding hydrogens is 308 g/mol. The summed E-state index contributed by atoms with van der Waals surface area (Å²) >= 11 is 1.48. The van der Waals surface area contributed by atoms with Crippen molar-refractivity contribution >= 4 is 40.2 Å². The maximum Gasteiger partial charge on any atom is 0.284 e. The molecule has 0 saturated heterocycles. The van der Waals surface area contributed by atoms with E-state index in [0.717, 1.165) is 28.3 Å². The number of nitrogens with two attached hydrogens (primary N) is 1. The number of rotatable bonds is 2. The number of hydrogen-bond donors (Lipinski definition) is 1. The molecule has 5 nitrogen and oxygen atoms in total. The molecule has 2 N–H and O–H groups in total. The quantitative estimate of drug-likeness (QED) is 0.841. The highest BCUT2D eigenvalue weighted by Gasteiger charge is 2.33. The third-order valence-electron chi connectivity index (χ3n) is 3.78. The largest absolute Gasteiger partial charge is 0.404 e. The van der Waals surface area contributed by atoms with Crippen LogP contribution in [0.25, 0.3) is 12.2 Å². The lowest BCUT2D eigenvalue weighted by Crippen LogP contribution is -2.24. The summed E-state index contributed by atoms with van der Waals surface area (Å²) in [4.78, 5) is 17.2. The van der Waals surface area contributed by atoms with Gasteiger partial charge in [0, 0.05) is 11.8 Å². The topological polar surface area (TPSA) is 71.6 Å². The number of hydrazone groups is 1. The molecule has 6 heteroatoms. The first-order valence-electron chi connectivity index (χ1n) is 7.36. The highest BCUT2D eigenvalue weighted by Crippen LogP contribution is 2.25. The summed E-state index contributed by atoms with van der Waals surface area (Å²) in [6, 6.07) is 9.56. The Hall–Kier alpha value is -2.73. The number of hydrogen-bond acceptors (Lipinski definition) is 5. The molecule has 1 aliphatic carbocycles. The summed E-state index contributed by atoms with van der Waals surface area (Å²) < 4.78 is 1.10. The van der Waals surface area contributed by atoms with E-state index in [1.165, 1.54) is 22.5 Å². The predicted molar refractivity (Wildman–Crippen MR) is 92.3 cm³/mol. The zero-order valence-electron chi connectivity index (χ0n) is 12.3. The van der Waals surface area contributed by atoms with E-state index in [2.05, 4.69) is 22.2 Å². The zero-order chi connectivity index (χ0) is 15.8. The van der Waals surface area contributed by atoms with Crippen LogP contribution in [-0.2, 0) is 4.79 Å². The Morgan fingerprint density at radius 2 is 1.96 bits per heavy atom. The lowest BCUT2D eigenvalue weighted by atomic mass is 10.0. The van der Waals surface area contributed by atoms with E-state index in [1.807, 2.05) is 30.3 Å². The van der Waals surface area contributed by atoms with E-state index >= 15 is 0 Å². The number of thiazole rings is 1. The Labute approximate surface area is 136 Å². The van der Waals surface area contributed by atoms with E-state index in [-0.39, 0.29) is 5.91 Å². The van der Waals surface area contributed by atoms with Crippen molar-refractivity contribution in [3.63, 3.8) is 0 Å². The van der Waals surface area contributed by atoms with Crippen LogP contribution in [0, 0.1) is 0 Å². The second-order valence-corrected chi connectivity index (χ2v) is 6.25. The molecule has 0 spiro atoms. The van der Waals surface area contributed by atoms with E-state index in [1.54, 1.807) is 0 Å². The third-order valence-corrected chi connectivity index (χ3v) is 4.82. The van der Waals surface area contributed by atoms with Crippen molar-refractivity contribution in [2.24, 2.45) is 10.8 Å². The zero-order valence-corrected chi connectivity index (χ0v) is 13.1. The minimum Gasteiger partial charge on any atom is -0.404 e. The molecule has 4 rings (SSSR count). The van der Waals surface area contributed by atoms with Crippen molar-refractivity contribution in [3.8, 4) is 0 Å². The summed E-state index contributed by atoms with van der Waals surface area (Å²) in [6.07, 6.45) is 7.56. The maximum absolute atomic E-state index is 12.6. The number of nitrogens with zero attached hydrogens (tertiary/aromatic N) is 3. The average molecular weight is 322 g/mol. The second-order valence-electron chi connectivity index (χ2n) is 5.24. The number of anilines is 1. The third kappa shape index (κ3) is 2.27. The molecule has 1 aromatic carbocycles. The van der Waals surface area contributed by atoms with Crippen LogP contribution in [0.1, 0.15) is 18.4 Å². The fraction of sp³-hybridized carbons (Fsp3) is 0.118. The van der Waals surface area contributed by atoms with Crippen molar-refractivity contribution in [3.05, 3.63) is 57.5 Å². The molecule has 0 atom stereocenters. The molecule has 23 heavy (non-hydrogen) atoms. The van der Waals surface area contributed by atoms with Gasteiger partial charge in [-0.25, -0.2) is 4.98 Å². The molecular formula is C17H14N4OS. The van der Waals surface area contributed by atoms with Crippen molar-refractivity contribution in [1.29, 1.82) is 0 Å². The molecule has 2 aromatic rings. The van der Waals surface area contributed by atoms with Gasteiger partial charge in [0.15, 0.2) is 0 Å². The highest BCUT2D eigenvalue weighted by molar-refractivity contribution is 7.13. The summed E-state index contributed by atoms with van der Waals surface area (Å²) in [6.45, 7) is 0. The molecule has 1 aliphatic heterocycles. The first-order chi connectivity index (χ1) is 11.3. The molecule has 1 aromatic heterocycles. The SMILES string of the molecule is N/C=C1/C(=O)N(c2nc3c(s2)=CCCC=3)N=C1c1ccccc1. The van der Waals surface area contributed by atoms with Crippen LogP contribution in [0.5, 0.6) is 0 Å². The normalized spacial score (nSPS) is 18.4. The number of fused-ring (bicyclic) bond motifs is 1. The standard InChI is InChI=1S/C17H14N4OS/c18-10-12-15(11-6-2-1-3-7-11)20-21(16(12)22)17-19-13-8-4-5-9-14(13)23-17/h1-3,6-10H,4-5,18H2/b12-10+. The van der Waals surface area contributed by atoms with Crippen LogP contribution in [-0.4, -0.2) is 16.6 Å². The minimum atomic E-state index is -0.238. The molecule has 0 radical (unpaired) electrons. The van der Waals surface area contributed by atoms with E-state index in [9.17, 15) is 4.79 Å². The number of benzene rings is 1. The van der Waals surface area contributed by atoms with Crippen LogP contribution in [0.2, 0.25) is 0 Å². The van der Waals surface area contributed by atoms with Gasteiger partial charge in [0.05, 0.1) is 15.5 Å². The summed E-state index contributed by atoms with van der Waals surface area (Å²) in [5, 5.41) is 7.35. The van der Waals surface area contributed by atoms with Gasteiger partial charge in [-0.05, 0) is 12.8 Å². The van der Waals surface area contributed by atoms with Gasteiger partial charge in [-0.1, -0.05) is 53.8 Å². The van der Waals surface area contributed by atoms with Gasteiger partial charge in [0.25, 0.3) is 5.91 Å². The number of carbonyl (C=O) groups is 1. The minimum absolute atomic E-state index is 0.238. The summed E-state index contributed by atoms with van der Waals surface area (Å²) in [5.41, 5.74) is 7.51. The van der Waals surface area contributed by atoms with Gasteiger partial charge in [0.1, 0.15) is 5.71 Å². The molecule has 0 fully saturated rings. The number of carbonyl (C=O) groups excluding carboxylic acids is 1. The predicted octanol–water partition coefficient (Wildman–Crippen LogP) is 1.09. The van der Waals surface area contributed by atoms with Crippen LogP contribution in [0.15, 0.2) is 47.2 Å². The van der Waals surface area contributed by atoms with Gasteiger partial charge in [-0.15, -0.1) is 0 Å². The number of amides is 1. The van der Waals surface area contributed by atoms with Crippen LogP contribution >= 0.6 is 11.3 Å². The Balaban J connectivity index is 1.82. The average Bonchev–Trinajstić information content (AvgIpc) is 3.16. The Morgan fingerprint density at radius 3 is 2.70 bits per heavy atom. The van der Waals surface area contributed by atoms with E-state index in [0.29, 0.717) is 16.4 Å². The second kappa shape index (κ2) is 5.48. The van der Waals surface area contributed by atoms with Crippen molar-refractivity contribution in [2.75, 3.05) is 5.01 Å². The summed E-state index contributed by atoms with van der Waals surface area (Å²) in [7, 11) is 0.